The molecule has 0 aliphatic carbocycles. The molecule has 0 radical (unpaired) electrons. The van der Waals surface area contributed by atoms with Crippen LogP contribution in [0.1, 0.15) is 55.0 Å². The third-order valence-electron chi connectivity index (χ3n) is 5.58. The van der Waals surface area contributed by atoms with E-state index in [0.29, 0.717) is 11.6 Å². The highest BCUT2D eigenvalue weighted by Crippen LogP contribution is 2.25. The Labute approximate surface area is 183 Å². The van der Waals surface area contributed by atoms with Crippen molar-refractivity contribution >= 4 is 23.4 Å². The number of benzene rings is 2. The predicted molar refractivity (Wildman–Crippen MR) is 120 cm³/mol. The van der Waals surface area contributed by atoms with Gasteiger partial charge in [-0.2, -0.15) is 0 Å². The lowest BCUT2D eigenvalue weighted by Gasteiger charge is -2.28. The Morgan fingerprint density at radius 3 is 2.20 bits per heavy atom. The summed E-state index contributed by atoms with van der Waals surface area (Å²) in [5, 5.41) is 6.60. The first-order valence-corrected chi connectivity index (χ1v) is 10.9. The van der Waals surface area contributed by atoms with Gasteiger partial charge in [0.2, 0.25) is 11.8 Å². The zero-order valence-corrected chi connectivity index (χ0v) is 18.4. The van der Waals surface area contributed by atoms with Crippen molar-refractivity contribution in [1.29, 1.82) is 0 Å². The highest BCUT2D eigenvalue weighted by atomic mass is 35.5. The fourth-order valence-electron chi connectivity index (χ4n) is 3.96. The van der Waals surface area contributed by atoms with E-state index in [1.807, 2.05) is 12.1 Å². The van der Waals surface area contributed by atoms with Gasteiger partial charge in [-0.05, 0) is 56.1 Å². The highest BCUT2D eigenvalue weighted by molar-refractivity contribution is 6.30. The van der Waals surface area contributed by atoms with Gasteiger partial charge in [0.15, 0.2) is 0 Å². The summed E-state index contributed by atoms with van der Waals surface area (Å²) < 4.78 is 0. The van der Waals surface area contributed by atoms with E-state index in [9.17, 15) is 9.59 Å². The number of nitrogens with one attached hydrogen (secondary N) is 2. The first-order valence-electron chi connectivity index (χ1n) is 10.5. The topological polar surface area (TPSA) is 61.4 Å². The van der Waals surface area contributed by atoms with Crippen LogP contribution in [0.15, 0.2) is 48.5 Å². The van der Waals surface area contributed by atoms with Crippen molar-refractivity contribution in [3.8, 4) is 0 Å². The Kier molecular flexibility index (Phi) is 7.88. The van der Waals surface area contributed by atoms with Crippen LogP contribution in [-0.2, 0) is 9.59 Å². The van der Waals surface area contributed by atoms with Crippen LogP contribution in [0.2, 0.25) is 5.02 Å². The number of carbonyl (C=O) groups excluding carboxylic acids is 2. The fraction of sp³-hybridized carbons (Fsp3) is 0.417. The summed E-state index contributed by atoms with van der Waals surface area (Å²) in [4.78, 5) is 26.9. The van der Waals surface area contributed by atoms with Gasteiger partial charge in [-0.3, -0.25) is 14.5 Å². The summed E-state index contributed by atoms with van der Waals surface area (Å²) in [5.41, 5.74) is 3.31. The van der Waals surface area contributed by atoms with Crippen molar-refractivity contribution < 1.29 is 9.59 Å². The molecular formula is C24H30ClN3O2. The molecule has 2 unspecified atom stereocenters. The number of rotatable bonds is 8. The van der Waals surface area contributed by atoms with Crippen LogP contribution in [0.5, 0.6) is 0 Å². The molecule has 1 saturated heterocycles. The summed E-state index contributed by atoms with van der Waals surface area (Å²) >= 11 is 5.97. The number of hydrogen-bond donors (Lipinski definition) is 2. The van der Waals surface area contributed by atoms with Gasteiger partial charge < -0.3 is 10.6 Å². The van der Waals surface area contributed by atoms with Crippen molar-refractivity contribution in [2.45, 2.75) is 45.2 Å². The molecule has 2 amide bonds. The molecule has 1 aliphatic rings. The summed E-state index contributed by atoms with van der Waals surface area (Å²) in [6, 6.07) is 15.5. The molecule has 2 N–H and O–H groups in total. The molecular weight excluding hydrogens is 398 g/mol. The zero-order chi connectivity index (χ0) is 21.5. The van der Waals surface area contributed by atoms with Crippen LogP contribution < -0.4 is 10.6 Å². The van der Waals surface area contributed by atoms with Gasteiger partial charge >= 0.3 is 0 Å². The fourth-order valence-corrected chi connectivity index (χ4v) is 4.09. The Bertz CT molecular complexity index is 846. The van der Waals surface area contributed by atoms with Gasteiger partial charge in [-0.1, -0.05) is 53.6 Å². The minimum Gasteiger partial charge on any atom is -0.354 e. The lowest BCUT2D eigenvalue weighted by molar-refractivity contribution is -0.123. The van der Waals surface area contributed by atoms with Gasteiger partial charge in [0.05, 0.1) is 18.5 Å². The first kappa shape index (κ1) is 22.3. The third-order valence-corrected chi connectivity index (χ3v) is 5.83. The Balaban J connectivity index is 1.66. The lowest BCUT2D eigenvalue weighted by atomic mass is 10.0. The van der Waals surface area contributed by atoms with Crippen molar-refractivity contribution in [3.63, 3.8) is 0 Å². The number of halogens is 1. The van der Waals surface area contributed by atoms with Crippen LogP contribution in [0.3, 0.4) is 0 Å². The first-order chi connectivity index (χ1) is 14.4. The Morgan fingerprint density at radius 2 is 1.60 bits per heavy atom. The summed E-state index contributed by atoms with van der Waals surface area (Å²) in [5.74, 6) is -0.252. The van der Waals surface area contributed by atoms with Crippen LogP contribution in [-0.4, -0.2) is 36.3 Å². The van der Waals surface area contributed by atoms with Crippen LogP contribution in [0.25, 0.3) is 0 Å². The third kappa shape index (κ3) is 6.31. The zero-order valence-electron chi connectivity index (χ0n) is 17.7. The minimum atomic E-state index is -0.385. The van der Waals surface area contributed by atoms with E-state index in [-0.39, 0.29) is 30.3 Å². The van der Waals surface area contributed by atoms with Crippen LogP contribution in [0.4, 0.5) is 0 Å². The van der Waals surface area contributed by atoms with E-state index in [1.54, 1.807) is 12.1 Å². The van der Waals surface area contributed by atoms with Crippen molar-refractivity contribution in [2.24, 2.45) is 0 Å². The van der Waals surface area contributed by atoms with Gasteiger partial charge in [-0.15, -0.1) is 0 Å². The largest absolute Gasteiger partial charge is 0.354 e. The van der Waals surface area contributed by atoms with E-state index in [0.717, 1.165) is 18.7 Å². The molecule has 30 heavy (non-hydrogen) atoms. The smallest absolute Gasteiger partial charge is 0.222 e. The molecule has 2 aromatic carbocycles. The number of aryl methyl sites for hydroxylation is 1. The van der Waals surface area contributed by atoms with E-state index in [1.165, 1.54) is 30.9 Å². The second-order valence-corrected chi connectivity index (χ2v) is 8.42. The van der Waals surface area contributed by atoms with Crippen LogP contribution in [0, 0.1) is 6.92 Å². The van der Waals surface area contributed by atoms with E-state index >= 15 is 0 Å². The molecule has 0 saturated carbocycles. The molecule has 1 fully saturated rings. The van der Waals surface area contributed by atoms with Gasteiger partial charge in [-0.25, -0.2) is 0 Å². The minimum absolute atomic E-state index is 0.0833. The summed E-state index contributed by atoms with van der Waals surface area (Å²) in [6.45, 7) is 6.19. The molecule has 0 bridgehead atoms. The number of amides is 2. The molecule has 1 aliphatic heterocycles. The van der Waals surface area contributed by atoms with Gasteiger partial charge in [0.25, 0.3) is 0 Å². The van der Waals surface area contributed by atoms with E-state index in [2.05, 4.69) is 46.7 Å². The number of hydrogen-bond acceptors (Lipinski definition) is 3. The van der Waals surface area contributed by atoms with Crippen molar-refractivity contribution in [1.82, 2.24) is 15.5 Å². The van der Waals surface area contributed by atoms with Gasteiger partial charge in [0, 0.05) is 18.5 Å². The molecule has 2 atom stereocenters. The Morgan fingerprint density at radius 1 is 1.00 bits per heavy atom. The second-order valence-electron chi connectivity index (χ2n) is 7.98. The molecule has 3 rings (SSSR count). The lowest BCUT2D eigenvalue weighted by Crippen LogP contribution is -2.38. The molecule has 0 aromatic heterocycles. The highest BCUT2D eigenvalue weighted by Gasteiger charge is 2.25. The maximum atomic E-state index is 12.8. The van der Waals surface area contributed by atoms with E-state index in [4.69, 9.17) is 11.6 Å². The SMILES string of the molecule is CC(=O)NC(CC(=O)NCC(c1ccc(C)cc1)N1CCCC1)c1ccc(Cl)cc1. The number of likely N-dealkylation sites (tertiary alicyclic amines) is 1. The Hall–Kier alpha value is -2.37. The number of nitrogens with zero attached hydrogens (tertiary/aromatic N) is 1. The number of carbonyl (C=O) groups is 2. The quantitative estimate of drug-likeness (QED) is 0.664. The van der Waals surface area contributed by atoms with Crippen molar-refractivity contribution in [3.05, 3.63) is 70.2 Å². The molecule has 160 valence electrons. The van der Waals surface area contributed by atoms with Crippen molar-refractivity contribution in [2.75, 3.05) is 19.6 Å². The molecule has 6 heteroatoms. The second kappa shape index (κ2) is 10.6. The average molecular weight is 428 g/mol. The van der Waals surface area contributed by atoms with E-state index < -0.39 is 0 Å². The predicted octanol–water partition coefficient (Wildman–Crippen LogP) is 4.17. The molecule has 2 aromatic rings. The normalized spacial score (nSPS) is 16.1. The molecule has 5 nitrogen and oxygen atoms in total. The monoisotopic (exact) mass is 427 g/mol. The standard InChI is InChI=1S/C24H30ClN3O2/c1-17-5-7-20(8-6-17)23(28-13-3-4-14-28)16-26-24(30)15-22(27-18(2)29)19-9-11-21(25)12-10-19/h5-12,22-23H,3-4,13-16H2,1-2H3,(H,26,30)(H,27,29). The molecule has 0 spiro atoms. The maximum absolute atomic E-state index is 12.8. The van der Waals surface area contributed by atoms with Crippen LogP contribution >= 0.6 is 11.6 Å². The average Bonchev–Trinajstić information content (AvgIpc) is 3.24. The maximum Gasteiger partial charge on any atom is 0.222 e. The molecule has 1 heterocycles. The summed E-state index contributed by atoms with van der Waals surface area (Å²) in [6.07, 6.45) is 2.57. The van der Waals surface area contributed by atoms with Gasteiger partial charge in [0.1, 0.15) is 0 Å². The summed E-state index contributed by atoms with van der Waals surface area (Å²) in [7, 11) is 0.